The van der Waals surface area contributed by atoms with E-state index in [1.807, 2.05) is 0 Å². The molecule has 0 saturated carbocycles. The molecule has 16 heavy (non-hydrogen) atoms. The normalized spacial score (nSPS) is 10.1. The van der Waals surface area contributed by atoms with Gasteiger partial charge in [0, 0.05) is 25.0 Å². The number of amides is 1. The minimum absolute atomic E-state index is 0.129. The van der Waals surface area contributed by atoms with Crippen LogP contribution in [0.15, 0.2) is 42.6 Å². The minimum atomic E-state index is -0.196. The topological polar surface area (TPSA) is 54.3 Å². The molecule has 0 spiro atoms. The van der Waals surface area contributed by atoms with Crippen LogP contribution in [0.25, 0.3) is 0 Å². The zero-order valence-corrected chi connectivity index (χ0v) is 8.84. The summed E-state index contributed by atoms with van der Waals surface area (Å²) in [4.78, 5) is 11.8. The van der Waals surface area contributed by atoms with Gasteiger partial charge in [-0.05, 0) is 24.3 Å². The SMILES string of the molecule is Cn1cccc1C(=O)Nc1cccc(O)c1. The first-order valence-corrected chi connectivity index (χ1v) is 4.88. The largest absolute Gasteiger partial charge is 0.508 e. The van der Waals surface area contributed by atoms with Gasteiger partial charge in [0.1, 0.15) is 11.4 Å². The number of carbonyl (C=O) groups excluding carboxylic acids is 1. The van der Waals surface area contributed by atoms with Crippen molar-refractivity contribution >= 4 is 11.6 Å². The maximum atomic E-state index is 11.8. The van der Waals surface area contributed by atoms with E-state index in [-0.39, 0.29) is 11.7 Å². The molecule has 1 heterocycles. The van der Waals surface area contributed by atoms with Crippen molar-refractivity contribution in [2.45, 2.75) is 0 Å². The van der Waals surface area contributed by atoms with E-state index in [2.05, 4.69) is 5.32 Å². The van der Waals surface area contributed by atoms with Crippen LogP contribution in [0.4, 0.5) is 5.69 Å². The second-order valence-electron chi connectivity index (χ2n) is 3.51. The molecule has 1 amide bonds. The highest BCUT2D eigenvalue weighted by molar-refractivity contribution is 6.03. The number of carbonyl (C=O) groups is 1. The van der Waals surface area contributed by atoms with Crippen LogP contribution < -0.4 is 5.32 Å². The van der Waals surface area contributed by atoms with Gasteiger partial charge in [-0.25, -0.2) is 0 Å². The average Bonchev–Trinajstić information content (AvgIpc) is 2.64. The van der Waals surface area contributed by atoms with E-state index in [0.29, 0.717) is 11.4 Å². The molecule has 0 saturated heterocycles. The summed E-state index contributed by atoms with van der Waals surface area (Å²) in [6, 6.07) is 9.99. The highest BCUT2D eigenvalue weighted by atomic mass is 16.3. The molecule has 0 unspecified atom stereocenters. The van der Waals surface area contributed by atoms with Crippen molar-refractivity contribution in [1.29, 1.82) is 0 Å². The number of phenols is 1. The van der Waals surface area contributed by atoms with Crippen molar-refractivity contribution in [1.82, 2.24) is 4.57 Å². The van der Waals surface area contributed by atoms with Crippen molar-refractivity contribution < 1.29 is 9.90 Å². The predicted molar refractivity (Wildman–Crippen MR) is 61.5 cm³/mol. The summed E-state index contributed by atoms with van der Waals surface area (Å²) < 4.78 is 1.73. The summed E-state index contributed by atoms with van der Waals surface area (Å²) in [7, 11) is 1.80. The van der Waals surface area contributed by atoms with Gasteiger partial charge in [0.15, 0.2) is 0 Å². The fraction of sp³-hybridized carbons (Fsp3) is 0.0833. The molecule has 0 aliphatic heterocycles. The maximum absolute atomic E-state index is 11.8. The van der Waals surface area contributed by atoms with Gasteiger partial charge in [-0.1, -0.05) is 6.07 Å². The Bertz CT molecular complexity index is 517. The van der Waals surface area contributed by atoms with Crippen LogP contribution in [0.5, 0.6) is 5.75 Å². The average molecular weight is 216 g/mol. The van der Waals surface area contributed by atoms with Crippen molar-refractivity contribution in [3.63, 3.8) is 0 Å². The Morgan fingerprint density at radius 1 is 1.31 bits per heavy atom. The third-order valence-electron chi connectivity index (χ3n) is 2.28. The summed E-state index contributed by atoms with van der Waals surface area (Å²) in [6.07, 6.45) is 1.80. The predicted octanol–water partition coefficient (Wildman–Crippen LogP) is 1.98. The quantitative estimate of drug-likeness (QED) is 0.806. The highest BCUT2D eigenvalue weighted by Gasteiger charge is 2.08. The Morgan fingerprint density at radius 2 is 2.12 bits per heavy atom. The van der Waals surface area contributed by atoms with Gasteiger partial charge in [0.25, 0.3) is 5.91 Å². The highest BCUT2D eigenvalue weighted by Crippen LogP contribution is 2.16. The first kappa shape index (κ1) is 10.3. The van der Waals surface area contributed by atoms with Gasteiger partial charge in [-0.15, -0.1) is 0 Å². The molecule has 1 aromatic carbocycles. The van der Waals surface area contributed by atoms with Crippen molar-refractivity contribution in [2.75, 3.05) is 5.32 Å². The Morgan fingerprint density at radius 3 is 2.75 bits per heavy atom. The number of phenolic OH excluding ortho intramolecular Hbond substituents is 1. The number of rotatable bonds is 2. The molecule has 0 aliphatic rings. The Balaban J connectivity index is 2.17. The summed E-state index contributed by atoms with van der Waals surface area (Å²) in [6.45, 7) is 0. The lowest BCUT2D eigenvalue weighted by molar-refractivity contribution is 0.101. The van der Waals surface area contributed by atoms with Crippen LogP contribution in [0.1, 0.15) is 10.5 Å². The maximum Gasteiger partial charge on any atom is 0.272 e. The van der Waals surface area contributed by atoms with Crippen LogP contribution in [-0.4, -0.2) is 15.6 Å². The molecule has 0 atom stereocenters. The number of benzene rings is 1. The summed E-state index contributed by atoms with van der Waals surface area (Å²) in [5, 5.41) is 12.0. The molecule has 4 heteroatoms. The molecule has 2 rings (SSSR count). The molecule has 4 nitrogen and oxygen atoms in total. The summed E-state index contributed by atoms with van der Waals surface area (Å²) in [5.41, 5.74) is 1.15. The van der Waals surface area contributed by atoms with Gasteiger partial charge in [0.2, 0.25) is 0 Å². The summed E-state index contributed by atoms with van der Waals surface area (Å²) in [5.74, 6) is -0.0669. The van der Waals surface area contributed by atoms with E-state index in [1.165, 1.54) is 6.07 Å². The lowest BCUT2D eigenvalue weighted by Gasteiger charge is -2.06. The smallest absolute Gasteiger partial charge is 0.272 e. The zero-order valence-electron chi connectivity index (χ0n) is 8.84. The molecular weight excluding hydrogens is 204 g/mol. The minimum Gasteiger partial charge on any atom is -0.508 e. The van der Waals surface area contributed by atoms with Gasteiger partial charge >= 0.3 is 0 Å². The molecular formula is C12H12N2O2. The van der Waals surface area contributed by atoms with Crippen LogP contribution in [0.2, 0.25) is 0 Å². The van der Waals surface area contributed by atoms with Gasteiger partial charge < -0.3 is 15.0 Å². The van der Waals surface area contributed by atoms with Crippen LogP contribution >= 0.6 is 0 Å². The van der Waals surface area contributed by atoms with Crippen LogP contribution in [-0.2, 0) is 7.05 Å². The second kappa shape index (κ2) is 4.10. The van der Waals surface area contributed by atoms with Crippen molar-refractivity contribution in [3.8, 4) is 5.75 Å². The van der Waals surface area contributed by atoms with Gasteiger partial charge in [-0.3, -0.25) is 4.79 Å². The first-order chi connectivity index (χ1) is 7.66. The number of hydrogen-bond acceptors (Lipinski definition) is 2. The second-order valence-corrected chi connectivity index (χ2v) is 3.51. The molecule has 2 N–H and O–H groups in total. The monoisotopic (exact) mass is 216 g/mol. The Hall–Kier alpha value is -2.23. The molecule has 0 aliphatic carbocycles. The van der Waals surface area contributed by atoms with E-state index in [4.69, 9.17) is 0 Å². The number of anilines is 1. The zero-order chi connectivity index (χ0) is 11.5. The standard InChI is InChI=1S/C12H12N2O2/c1-14-7-3-6-11(14)12(16)13-9-4-2-5-10(15)8-9/h2-8,15H,1H3,(H,13,16). The molecule has 82 valence electrons. The van der Waals surface area contributed by atoms with E-state index >= 15 is 0 Å². The van der Waals surface area contributed by atoms with E-state index < -0.39 is 0 Å². The number of aryl methyl sites for hydroxylation is 1. The van der Waals surface area contributed by atoms with Crippen LogP contribution in [0.3, 0.4) is 0 Å². The van der Waals surface area contributed by atoms with Gasteiger partial charge in [0.05, 0.1) is 0 Å². The van der Waals surface area contributed by atoms with Gasteiger partial charge in [-0.2, -0.15) is 0 Å². The van der Waals surface area contributed by atoms with Crippen LogP contribution in [0, 0.1) is 0 Å². The third kappa shape index (κ3) is 2.06. The molecule has 0 radical (unpaired) electrons. The number of nitrogens with zero attached hydrogens (tertiary/aromatic N) is 1. The number of hydrogen-bond donors (Lipinski definition) is 2. The Kier molecular flexibility index (Phi) is 2.64. The lowest BCUT2D eigenvalue weighted by Crippen LogP contribution is -2.15. The van der Waals surface area contributed by atoms with Crippen molar-refractivity contribution in [2.24, 2.45) is 7.05 Å². The fourth-order valence-corrected chi connectivity index (χ4v) is 1.48. The fourth-order valence-electron chi connectivity index (χ4n) is 1.48. The number of aromatic nitrogens is 1. The van der Waals surface area contributed by atoms with E-state index in [9.17, 15) is 9.90 Å². The molecule has 2 aromatic rings. The Labute approximate surface area is 93.1 Å². The first-order valence-electron chi connectivity index (χ1n) is 4.88. The molecule has 1 aromatic heterocycles. The molecule has 0 fully saturated rings. The molecule has 0 bridgehead atoms. The van der Waals surface area contributed by atoms with Crippen molar-refractivity contribution in [3.05, 3.63) is 48.3 Å². The summed E-state index contributed by atoms with van der Waals surface area (Å²) >= 11 is 0. The van der Waals surface area contributed by atoms with E-state index in [0.717, 1.165) is 0 Å². The third-order valence-corrected chi connectivity index (χ3v) is 2.28. The van der Waals surface area contributed by atoms with E-state index in [1.54, 1.807) is 48.1 Å². The lowest BCUT2D eigenvalue weighted by atomic mass is 10.3. The number of nitrogens with one attached hydrogen (secondary N) is 1. The number of aromatic hydroxyl groups is 1.